The molecule has 182 valence electrons. The zero-order valence-corrected chi connectivity index (χ0v) is 21.7. The zero-order chi connectivity index (χ0) is 25.5. The molecule has 0 N–H and O–H groups in total. The Morgan fingerprint density at radius 3 is 2.43 bits per heavy atom. The minimum atomic E-state index is -0.691. The standard InChI is InChI=1S/C30H19BrClNO4/c31-20-11-14-25-24(15-20)28(34)26-27(33(30(35)29(26)37-25)22-8-4-7-21(32)16-22)19-9-12-23(13-10-19)36-17-18-5-2-1-3-6-18/h1-16,27H,17H2. The molecule has 1 aromatic heterocycles. The Labute approximate surface area is 226 Å². The fraction of sp³-hybridized carbons (Fsp3) is 0.0667. The average Bonchev–Trinajstić information content (AvgIpc) is 3.21. The first-order chi connectivity index (χ1) is 18.0. The lowest BCUT2D eigenvalue weighted by atomic mass is 9.98. The summed E-state index contributed by atoms with van der Waals surface area (Å²) in [5.74, 6) is 0.323. The second-order valence-electron chi connectivity index (χ2n) is 8.72. The Morgan fingerprint density at radius 1 is 0.892 bits per heavy atom. The van der Waals surface area contributed by atoms with Gasteiger partial charge in [0, 0.05) is 15.2 Å². The van der Waals surface area contributed by atoms with Crippen LogP contribution in [0.4, 0.5) is 5.69 Å². The summed E-state index contributed by atoms with van der Waals surface area (Å²) >= 11 is 9.70. The van der Waals surface area contributed by atoms with Gasteiger partial charge in [-0.3, -0.25) is 14.5 Å². The van der Waals surface area contributed by atoms with Crippen molar-refractivity contribution in [2.75, 3.05) is 4.90 Å². The smallest absolute Gasteiger partial charge is 0.295 e. The quantitative estimate of drug-likeness (QED) is 0.218. The zero-order valence-electron chi connectivity index (χ0n) is 19.4. The fourth-order valence-electron chi connectivity index (χ4n) is 4.64. The number of hydrogen-bond donors (Lipinski definition) is 0. The fourth-order valence-corrected chi connectivity index (χ4v) is 5.19. The third-order valence-corrected chi connectivity index (χ3v) is 7.09. The molecule has 0 spiro atoms. The second-order valence-corrected chi connectivity index (χ2v) is 10.1. The van der Waals surface area contributed by atoms with Crippen LogP contribution in [0.5, 0.6) is 5.75 Å². The summed E-state index contributed by atoms with van der Waals surface area (Å²) in [5, 5.41) is 0.889. The molecule has 1 unspecified atom stereocenters. The van der Waals surface area contributed by atoms with Crippen molar-refractivity contribution in [3.63, 3.8) is 0 Å². The van der Waals surface area contributed by atoms with Gasteiger partial charge in [0.15, 0.2) is 5.43 Å². The van der Waals surface area contributed by atoms with Gasteiger partial charge in [-0.2, -0.15) is 0 Å². The Morgan fingerprint density at radius 2 is 1.68 bits per heavy atom. The number of rotatable bonds is 5. The third-order valence-electron chi connectivity index (χ3n) is 6.36. The van der Waals surface area contributed by atoms with Crippen molar-refractivity contribution in [2.45, 2.75) is 12.6 Å². The predicted octanol–water partition coefficient (Wildman–Crippen LogP) is 7.54. The first kappa shape index (κ1) is 23.5. The monoisotopic (exact) mass is 571 g/mol. The van der Waals surface area contributed by atoms with Crippen LogP contribution in [0.3, 0.4) is 0 Å². The van der Waals surface area contributed by atoms with E-state index in [1.54, 1.807) is 47.4 Å². The van der Waals surface area contributed by atoms with Crippen LogP contribution >= 0.6 is 27.5 Å². The minimum absolute atomic E-state index is 0.0363. The van der Waals surface area contributed by atoms with Crippen LogP contribution in [-0.4, -0.2) is 5.91 Å². The number of ether oxygens (including phenoxy) is 1. The van der Waals surface area contributed by atoms with Gasteiger partial charge >= 0.3 is 0 Å². The number of carbonyl (C=O) groups excluding carboxylic acids is 1. The summed E-state index contributed by atoms with van der Waals surface area (Å²) in [7, 11) is 0. The van der Waals surface area contributed by atoms with Gasteiger partial charge in [0.05, 0.1) is 17.0 Å². The van der Waals surface area contributed by atoms with E-state index in [0.717, 1.165) is 15.6 Å². The van der Waals surface area contributed by atoms with Crippen LogP contribution in [0.1, 0.15) is 33.3 Å². The van der Waals surface area contributed by atoms with E-state index in [4.69, 9.17) is 20.8 Å². The van der Waals surface area contributed by atoms with Crippen LogP contribution in [0.2, 0.25) is 5.02 Å². The van der Waals surface area contributed by atoms with Crippen LogP contribution < -0.4 is 15.1 Å². The second kappa shape index (κ2) is 9.54. The Kier molecular flexibility index (Phi) is 6.07. The van der Waals surface area contributed by atoms with Gasteiger partial charge in [0.1, 0.15) is 17.9 Å². The lowest BCUT2D eigenvalue weighted by molar-refractivity contribution is 0.0971. The maximum atomic E-state index is 13.8. The lowest BCUT2D eigenvalue weighted by Crippen LogP contribution is -2.29. The molecule has 4 aromatic carbocycles. The number of fused-ring (bicyclic) bond motifs is 2. The number of hydrogen-bond acceptors (Lipinski definition) is 4. The molecule has 5 aromatic rings. The van der Waals surface area contributed by atoms with Gasteiger partial charge in [-0.25, -0.2) is 0 Å². The summed E-state index contributed by atoms with van der Waals surface area (Å²) in [5.41, 5.74) is 2.79. The molecule has 5 nitrogen and oxygen atoms in total. The number of amides is 1. The number of anilines is 1. The van der Waals surface area contributed by atoms with Crippen molar-refractivity contribution < 1.29 is 13.9 Å². The van der Waals surface area contributed by atoms with Gasteiger partial charge in [-0.15, -0.1) is 0 Å². The molecule has 2 heterocycles. The van der Waals surface area contributed by atoms with Crippen molar-refractivity contribution in [2.24, 2.45) is 0 Å². The molecular formula is C30H19BrClNO4. The van der Waals surface area contributed by atoms with Crippen LogP contribution in [-0.2, 0) is 6.61 Å². The van der Waals surface area contributed by atoms with E-state index in [0.29, 0.717) is 39.6 Å². The Hall–Kier alpha value is -3.87. The maximum Gasteiger partial charge on any atom is 0.295 e. The highest BCUT2D eigenvalue weighted by atomic mass is 79.9. The van der Waals surface area contributed by atoms with Crippen molar-refractivity contribution in [3.8, 4) is 5.75 Å². The van der Waals surface area contributed by atoms with Crippen molar-refractivity contribution >= 4 is 50.1 Å². The van der Waals surface area contributed by atoms with Gasteiger partial charge in [-0.05, 0) is 59.7 Å². The summed E-state index contributed by atoms with van der Waals surface area (Å²) in [6.45, 7) is 0.435. The summed E-state index contributed by atoms with van der Waals surface area (Å²) < 4.78 is 12.7. The van der Waals surface area contributed by atoms with E-state index < -0.39 is 11.9 Å². The highest BCUT2D eigenvalue weighted by Gasteiger charge is 2.43. The molecule has 1 aliphatic rings. The van der Waals surface area contributed by atoms with E-state index >= 15 is 0 Å². The minimum Gasteiger partial charge on any atom is -0.489 e. The first-order valence-electron chi connectivity index (χ1n) is 11.6. The molecule has 0 bridgehead atoms. The molecule has 0 aliphatic carbocycles. The van der Waals surface area contributed by atoms with Gasteiger partial charge in [0.2, 0.25) is 5.76 Å². The molecule has 1 amide bonds. The molecular weight excluding hydrogens is 554 g/mol. The molecule has 37 heavy (non-hydrogen) atoms. The summed E-state index contributed by atoms with van der Waals surface area (Å²) in [6.07, 6.45) is 0. The molecule has 6 rings (SSSR count). The Balaban J connectivity index is 1.45. The van der Waals surface area contributed by atoms with Gasteiger partial charge in [-0.1, -0.05) is 76.1 Å². The van der Waals surface area contributed by atoms with Crippen molar-refractivity contribution in [1.82, 2.24) is 0 Å². The number of nitrogens with zero attached hydrogens (tertiary/aromatic N) is 1. The molecule has 0 saturated carbocycles. The van der Waals surface area contributed by atoms with E-state index in [1.165, 1.54) is 0 Å². The third kappa shape index (κ3) is 4.32. The maximum absolute atomic E-state index is 13.8. The SMILES string of the molecule is O=C1c2oc3ccc(Br)cc3c(=O)c2C(c2ccc(OCc3ccccc3)cc2)N1c1cccc(Cl)c1. The molecule has 0 saturated heterocycles. The molecule has 0 fully saturated rings. The molecule has 7 heteroatoms. The molecule has 0 radical (unpaired) electrons. The topological polar surface area (TPSA) is 59.8 Å². The van der Waals surface area contributed by atoms with E-state index in [9.17, 15) is 9.59 Å². The van der Waals surface area contributed by atoms with Crippen molar-refractivity contribution in [1.29, 1.82) is 0 Å². The average molecular weight is 573 g/mol. The van der Waals surface area contributed by atoms with E-state index in [2.05, 4.69) is 15.9 Å². The van der Waals surface area contributed by atoms with E-state index in [-0.39, 0.29) is 11.2 Å². The van der Waals surface area contributed by atoms with Crippen molar-refractivity contribution in [3.05, 3.63) is 139 Å². The summed E-state index contributed by atoms with van der Waals surface area (Å²) in [4.78, 5) is 29.0. The lowest BCUT2D eigenvalue weighted by Gasteiger charge is -2.25. The first-order valence-corrected chi connectivity index (χ1v) is 12.8. The summed E-state index contributed by atoms with van der Waals surface area (Å²) in [6, 6.07) is 28.8. The number of benzene rings is 4. The van der Waals surface area contributed by atoms with Crippen LogP contribution in [0.25, 0.3) is 11.0 Å². The largest absolute Gasteiger partial charge is 0.489 e. The van der Waals surface area contributed by atoms with E-state index in [1.807, 2.05) is 54.6 Å². The van der Waals surface area contributed by atoms with Gasteiger partial charge in [0.25, 0.3) is 5.91 Å². The highest BCUT2D eigenvalue weighted by Crippen LogP contribution is 2.42. The normalized spacial score (nSPS) is 14.7. The van der Waals surface area contributed by atoms with Crippen LogP contribution in [0, 0.1) is 0 Å². The molecule has 1 aliphatic heterocycles. The van der Waals surface area contributed by atoms with Crippen LogP contribution in [0.15, 0.2) is 111 Å². The van der Waals surface area contributed by atoms with Gasteiger partial charge < -0.3 is 9.15 Å². The highest BCUT2D eigenvalue weighted by molar-refractivity contribution is 9.10. The number of halogens is 2. The predicted molar refractivity (Wildman–Crippen MR) is 148 cm³/mol. The number of carbonyl (C=O) groups is 1. The Bertz CT molecular complexity index is 1700. The molecule has 1 atom stereocenters.